The van der Waals surface area contributed by atoms with Crippen LogP contribution < -0.4 is 5.32 Å². The molecule has 0 unspecified atom stereocenters. The number of amides is 1. The van der Waals surface area contributed by atoms with Crippen LogP contribution in [0.5, 0.6) is 0 Å². The van der Waals surface area contributed by atoms with Gasteiger partial charge >= 0.3 is 0 Å². The predicted molar refractivity (Wildman–Crippen MR) is 64.2 cm³/mol. The molecule has 0 spiro atoms. The molecule has 1 N–H and O–H groups in total. The van der Waals surface area contributed by atoms with Crippen molar-refractivity contribution in [1.29, 1.82) is 0 Å². The minimum Gasteiger partial charge on any atom is -0.348 e. The summed E-state index contributed by atoms with van der Waals surface area (Å²) in [5.74, 6) is 1.14. The highest BCUT2D eigenvalue weighted by atomic mass is 16.2. The van der Waals surface area contributed by atoms with Gasteiger partial charge in [-0.1, -0.05) is 0 Å². The van der Waals surface area contributed by atoms with Crippen molar-refractivity contribution in [2.45, 2.75) is 13.3 Å². The molecule has 16 heavy (non-hydrogen) atoms. The van der Waals surface area contributed by atoms with Crippen molar-refractivity contribution in [1.82, 2.24) is 15.1 Å². The van der Waals surface area contributed by atoms with Crippen LogP contribution in [0.4, 0.5) is 0 Å². The Morgan fingerprint density at radius 3 is 2.50 bits per heavy atom. The second kappa shape index (κ2) is 4.34. The number of hydrogen-bond donors (Lipinski definition) is 1. The molecule has 0 radical (unpaired) electrons. The topological polar surface area (TPSA) is 35.6 Å². The van der Waals surface area contributed by atoms with Crippen LogP contribution >= 0.6 is 0 Å². The zero-order chi connectivity index (χ0) is 11.8. The van der Waals surface area contributed by atoms with Crippen LogP contribution in [0.25, 0.3) is 0 Å². The molecule has 2 aliphatic rings. The summed E-state index contributed by atoms with van der Waals surface area (Å²) in [4.78, 5) is 16.0. The molecule has 0 aromatic rings. The number of carbonyl (C=O) groups is 1. The Hall–Kier alpha value is -0.610. The minimum absolute atomic E-state index is 0.124. The van der Waals surface area contributed by atoms with Crippen molar-refractivity contribution >= 4 is 5.91 Å². The van der Waals surface area contributed by atoms with Gasteiger partial charge in [-0.15, -0.1) is 0 Å². The van der Waals surface area contributed by atoms with Gasteiger partial charge in [0, 0.05) is 27.2 Å². The highest BCUT2D eigenvalue weighted by Gasteiger charge is 2.45. The fraction of sp³-hybridized carbons (Fsp3) is 0.917. The summed E-state index contributed by atoms with van der Waals surface area (Å²) in [6.45, 7) is 7.47. The molecule has 0 aromatic heterocycles. The number of likely N-dealkylation sites (tertiary alicyclic amines) is 1. The minimum atomic E-state index is -0.124. The number of nitrogens with zero attached hydrogens (tertiary/aromatic N) is 2. The monoisotopic (exact) mass is 225 g/mol. The molecule has 2 fully saturated rings. The Balaban J connectivity index is 1.69. The van der Waals surface area contributed by atoms with E-state index in [0.29, 0.717) is 0 Å². The van der Waals surface area contributed by atoms with Crippen molar-refractivity contribution < 1.29 is 4.79 Å². The van der Waals surface area contributed by atoms with E-state index in [9.17, 15) is 4.79 Å². The van der Waals surface area contributed by atoms with Gasteiger partial charge in [-0.3, -0.25) is 4.79 Å². The normalized spacial score (nSPS) is 24.7. The van der Waals surface area contributed by atoms with E-state index in [4.69, 9.17) is 0 Å². The third-order valence-electron chi connectivity index (χ3n) is 3.79. The molecule has 1 amide bonds. The molecule has 0 aliphatic carbocycles. The summed E-state index contributed by atoms with van der Waals surface area (Å²) in [7, 11) is 3.69. The fourth-order valence-corrected chi connectivity index (χ4v) is 2.69. The van der Waals surface area contributed by atoms with Crippen molar-refractivity contribution in [3.8, 4) is 0 Å². The van der Waals surface area contributed by atoms with Crippen molar-refractivity contribution in [3.05, 3.63) is 0 Å². The number of rotatable bonds is 4. The summed E-state index contributed by atoms with van der Waals surface area (Å²) in [5, 5.41) is 3.29. The molecular weight excluding hydrogens is 202 g/mol. The second-order valence-corrected chi connectivity index (χ2v) is 5.78. The fourth-order valence-electron chi connectivity index (χ4n) is 2.69. The van der Waals surface area contributed by atoms with Gasteiger partial charge in [-0.25, -0.2) is 0 Å². The molecule has 0 bridgehead atoms. The highest BCUT2D eigenvalue weighted by Crippen LogP contribution is 2.31. The largest absolute Gasteiger partial charge is 0.348 e. The number of hydrogen-bond acceptors (Lipinski definition) is 3. The standard InChI is InChI=1S/C12H23N3O/c1-12(11(16)14(2)3)8-15(9-12)5-4-10-6-13-7-10/h10,13H,4-9H2,1-3H3. The molecule has 4 heteroatoms. The van der Waals surface area contributed by atoms with E-state index in [0.717, 1.165) is 25.6 Å². The van der Waals surface area contributed by atoms with E-state index in [1.165, 1.54) is 19.5 Å². The maximum absolute atomic E-state index is 11.9. The van der Waals surface area contributed by atoms with Crippen LogP contribution in [-0.2, 0) is 4.79 Å². The zero-order valence-corrected chi connectivity index (χ0v) is 10.6. The highest BCUT2D eigenvalue weighted by molar-refractivity contribution is 5.83. The Morgan fingerprint density at radius 1 is 1.44 bits per heavy atom. The van der Waals surface area contributed by atoms with Crippen molar-refractivity contribution in [2.75, 3.05) is 46.8 Å². The van der Waals surface area contributed by atoms with E-state index >= 15 is 0 Å². The Kier molecular flexibility index (Phi) is 3.22. The molecule has 0 aromatic carbocycles. The average Bonchev–Trinajstić information content (AvgIpc) is 2.10. The molecule has 0 saturated carbocycles. The van der Waals surface area contributed by atoms with E-state index in [1.807, 2.05) is 14.1 Å². The van der Waals surface area contributed by atoms with Gasteiger partial charge < -0.3 is 15.1 Å². The first-order chi connectivity index (χ1) is 7.51. The lowest BCUT2D eigenvalue weighted by atomic mass is 9.80. The maximum Gasteiger partial charge on any atom is 0.230 e. The van der Waals surface area contributed by atoms with Crippen molar-refractivity contribution in [3.63, 3.8) is 0 Å². The van der Waals surface area contributed by atoms with Crippen LogP contribution in [0, 0.1) is 11.3 Å². The van der Waals surface area contributed by atoms with Crippen LogP contribution in [0.3, 0.4) is 0 Å². The first-order valence-corrected chi connectivity index (χ1v) is 6.16. The van der Waals surface area contributed by atoms with E-state index in [2.05, 4.69) is 17.1 Å². The Morgan fingerprint density at radius 2 is 2.06 bits per heavy atom. The van der Waals surface area contributed by atoms with E-state index in [1.54, 1.807) is 4.90 Å². The molecule has 2 heterocycles. The Bertz CT molecular complexity index is 267. The third kappa shape index (κ3) is 2.23. The van der Waals surface area contributed by atoms with E-state index in [-0.39, 0.29) is 11.3 Å². The summed E-state index contributed by atoms with van der Waals surface area (Å²) >= 11 is 0. The van der Waals surface area contributed by atoms with Crippen LogP contribution in [-0.4, -0.2) is 62.5 Å². The molecule has 4 nitrogen and oxygen atoms in total. The van der Waals surface area contributed by atoms with Gasteiger partial charge in [-0.05, 0) is 38.9 Å². The van der Waals surface area contributed by atoms with E-state index < -0.39 is 0 Å². The SMILES string of the molecule is CN(C)C(=O)C1(C)CN(CCC2CNC2)C1. The Labute approximate surface area is 98.0 Å². The average molecular weight is 225 g/mol. The van der Waals surface area contributed by atoms with Gasteiger partial charge in [-0.2, -0.15) is 0 Å². The summed E-state index contributed by atoms with van der Waals surface area (Å²) < 4.78 is 0. The molecular formula is C12H23N3O. The van der Waals surface area contributed by atoms with Crippen LogP contribution in [0.15, 0.2) is 0 Å². The predicted octanol–water partition coefficient (Wildman–Crippen LogP) is 0.00600. The first kappa shape index (κ1) is 11.9. The molecule has 2 rings (SSSR count). The lowest BCUT2D eigenvalue weighted by Crippen LogP contribution is -2.61. The third-order valence-corrected chi connectivity index (χ3v) is 3.79. The van der Waals surface area contributed by atoms with Crippen LogP contribution in [0.2, 0.25) is 0 Å². The summed E-state index contributed by atoms with van der Waals surface area (Å²) in [6.07, 6.45) is 1.28. The van der Waals surface area contributed by atoms with Crippen LogP contribution in [0.1, 0.15) is 13.3 Å². The summed E-state index contributed by atoms with van der Waals surface area (Å²) in [6, 6.07) is 0. The summed E-state index contributed by atoms with van der Waals surface area (Å²) in [5.41, 5.74) is -0.124. The molecule has 2 aliphatic heterocycles. The smallest absolute Gasteiger partial charge is 0.230 e. The van der Waals surface area contributed by atoms with Gasteiger partial charge in [0.05, 0.1) is 5.41 Å². The number of carbonyl (C=O) groups excluding carboxylic acids is 1. The maximum atomic E-state index is 11.9. The van der Waals surface area contributed by atoms with Crippen molar-refractivity contribution in [2.24, 2.45) is 11.3 Å². The first-order valence-electron chi connectivity index (χ1n) is 6.16. The van der Waals surface area contributed by atoms with Gasteiger partial charge in [0.1, 0.15) is 0 Å². The number of nitrogens with one attached hydrogen (secondary N) is 1. The second-order valence-electron chi connectivity index (χ2n) is 5.78. The molecule has 92 valence electrons. The van der Waals surface area contributed by atoms with Gasteiger partial charge in [0.15, 0.2) is 0 Å². The van der Waals surface area contributed by atoms with Gasteiger partial charge in [0.25, 0.3) is 0 Å². The molecule has 0 atom stereocenters. The lowest BCUT2D eigenvalue weighted by Gasteiger charge is -2.48. The quantitative estimate of drug-likeness (QED) is 0.732. The van der Waals surface area contributed by atoms with Gasteiger partial charge in [0.2, 0.25) is 5.91 Å². The lowest BCUT2D eigenvalue weighted by molar-refractivity contribution is -0.148. The zero-order valence-electron chi connectivity index (χ0n) is 10.6. The molecule has 2 saturated heterocycles.